The van der Waals surface area contributed by atoms with Gasteiger partial charge in [0.25, 0.3) is 0 Å². The largest absolute Gasteiger partial charge is 0.387 e. The second-order valence-corrected chi connectivity index (χ2v) is 8.86. The Morgan fingerprint density at radius 1 is 1.00 bits per heavy atom. The third-order valence-corrected chi connectivity index (χ3v) is 5.91. The average molecular weight is 487 g/mol. The minimum atomic E-state index is -0.529. The Morgan fingerprint density at radius 3 is 2.42 bits per heavy atom. The van der Waals surface area contributed by atoms with Crippen molar-refractivity contribution < 1.29 is 14.3 Å². The van der Waals surface area contributed by atoms with Crippen molar-refractivity contribution in [1.82, 2.24) is 14.9 Å². The molecule has 186 valence electrons. The van der Waals surface area contributed by atoms with E-state index in [1.165, 1.54) is 12.1 Å². The van der Waals surface area contributed by atoms with Crippen LogP contribution in [-0.4, -0.2) is 33.7 Å². The molecule has 4 aromatic rings. The van der Waals surface area contributed by atoms with Crippen LogP contribution in [0.15, 0.2) is 85.1 Å². The lowest BCUT2D eigenvalue weighted by molar-refractivity contribution is -0.115. The number of amides is 1. The van der Waals surface area contributed by atoms with Crippen LogP contribution in [0.25, 0.3) is 0 Å². The normalized spacial score (nSPS) is 11.9. The summed E-state index contributed by atoms with van der Waals surface area (Å²) in [6.07, 6.45) is 2.33. The molecular weight excluding hydrogens is 455 g/mol. The first-order chi connectivity index (χ1) is 17.5. The van der Waals surface area contributed by atoms with Crippen molar-refractivity contribution in [3.05, 3.63) is 119 Å². The smallest absolute Gasteiger partial charge is 0.231 e. The molecule has 1 amide bonds. The Hall–Kier alpha value is -3.81. The lowest BCUT2D eigenvalue weighted by Gasteiger charge is -2.12. The number of rotatable bonds is 11. The summed E-state index contributed by atoms with van der Waals surface area (Å²) in [6, 6.07) is 23.7. The topological polar surface area (TPSA) is 79.2 Å². The molecule has 3 aromatic carbocycles. The van der Waals surface area contributed by atoms with E-state index in [1.54, 1.807) is 12.1 Å². The van der Waals surface area contributed by atoms with Crippen LogP contribution >= 0.6 is 0 Å². The Morgan fingerprint density at radius 2 is 1.69 bits per heavy atom. The Balaban J connectivity index is 1.24. The monoisotopic (exact) mass is 486 g/mol. The predicted octanol–water partition coefficient (Wildman–Crippen LogP) is 4.43. The van der Waals surface area contributed by atoms with Crippen LogP contribution < -0.4 is 10.6 Å². The second kappa shape index (κ2) is 12.2. The van der Waals surface area contributed by atoms with Crippen molar-refractivity contribution in [3.63, 3.8) is 0 Å². The van der Waals surface area contributed by atoms with Crippen LogP contribution in [0.3, 0.4) is 0 Å². The van der Waals surface area contributed by atoms with Gasteiger partial charge in [0.2, 0.25) is 5.91 Å². The molecule has 0 aliphatic carbocycles. The van der Waals surface area contributed by atoms with E-state index in [0.717, 1.165) is 41.0 Å². The van der Waals surface area contributed by atoms with Crippen molar-refractivity contribution >= 4 is 11.6 Å². The number of imidazole rings is 1. The molecule has 0 aliphatic rings. The van der Waals surface area contributed by atoms with Gasteiger partial charge in [-0.15, -0.1) is 0 Å². The number of hydrogen-bond acceptors (Lipinski definition) is 4. The van der Waals surface area contributed by atoms with Crippen molar-refractivity contribution in [2.24, 2.45) is 0 Å². The lowest BCUT2D eigenvalue weighted by Crippen LogP contribution is -2.23. The van der Waals surface area contributed by atoms with E-state index in [1.807, 2.05) is 72.3 Å². The van der Waals surface area contributed by atoms with Gasteiger partial charge in [0.1, 0.15) is 11.6 Å². The maximum Gasteiger partial charge on any atom is 0.231 e. The number of benzene rings is 3. The molecule has 0 saturated carbocycles. The Bertz CT molecular complexity index is 1250. The molecule has 1 atom stereocenters. The molecule has 6 nitrogen and oxygen atoms in total. The number of nitrogens with one attached hydrogen (secondary N) is 2. The van der Waals surface area contributed by atoms with Gasteiger partial charge >= 0.3 is 0 Å². The number of aryl methyl sites for hydroxylation is 1. The average Bonchev–Trinajstić information content (AvgIpc) is 3.22. The third-order valence-electron chi connectivity index (χ3n) is 5.91. The van der Waals surface area contributed by atoms with Gasteiger partial charge in [0, 0.05) is 25.0 Å². The summed E-state index contributed by atoms with van der Waals surface area (Å²) in [6.45, 7) is 3.65. The number of nitrogens with zero attached hydrogens (tertiary/aromatic N) is 2. The van der Waals surface area contributed by atoms with Gasteiger partial charge in [-0.2, -0.15) is 0 Å². The minimum Gasteiger partial charge on any atom is -0.387 e. The molecule has 0 unspecified atom stereocenters. The SMILES string of the molecule is Cc1cn(Cc2ccc(F)cc2)c(CC(=O)Nc2ccc(CCNC[C@H](O)c3ccccc3)cc2)n1. The summed E-state index contributed by atoms with van der Waals surface area (Å²) >= 11 is 0. The quantitative estimate of drug-likeness (QED) is 0.274. The van der Waals surface area contributed by atoms with E-state index in [2.05, 4.69) is 15.6 Å². The first-order valence-corrected chi connectivity index (χ1v) is 12.1. The molecule has 0 spiro atoms. The zero-order chi connectivity index (χ0) is 25.3. The highest BCUT2D eigenvalue weighted by Gasteiger charge is 2.12. The van der Waals surface area contributed by atoms with E-state index in [9.17, 15) is 14.3 Å². The molecule has 0 aliphatic heterocycles. The number of hydrogen-bond donors (Lipinski definition) is 3. The fourth-order valence-corrected chi connectivity index (χ4v) is 4.03. The highest BCUT2D eigenvalue weighted by atomic mass is 19.1. The van der Waals surface area contributed by atoms with Gasteiger partial charge in [-0.05, 0) is 60.8 Å². The maximum absolute atomic E-state index is 13.2. The minimum absolute atomic E-state index is 0.143. The van der Waals surface area contributed by atoms with E-state index in [0.29, 0.717) is 18.9 Å². The van der Waals surface area contributed by atoms with Crippen LogP contribution in [0, 0.1) is 12.7 Å². The van der Waals surface area contributed by atoms with Crippen molar-refractivity contribution in [1.29, 1.82) is 0 Å². The first kappa shape index (κ1) is 25.3. The highest BCUT2D eigenvalue weighted by Crippen LogP contribution is 2.14. The van der Waals surface area contributed by atoms with Gasteiger partial charge in [-0.25, -0.2) is 9.37 Å². The third kappa shape index (κ3) is 7.34. The maximum atomic E-state index is 13.2. The summed E-state index contributed by atoms with van der Waals surface area (Å²) in [4.78, 5) is 17.2. The standard InChI is InChI=1S/C29H31FN4O2/c1-21-19-34(20-23-7-11-25(30)12-8-23)28(32-21)17-29(36)33-26-13-9-22(10-14-26)15-16-31-18-27(35)24-5-3-2-4-6-24/h2-14,19,27,31,35H,15-18,20H2,1H3,(H,33,36)/t27-/m0/s1. The molecule has 0 fully saturated rings. The van der Waals surface area contributed by atoms with Crippen molar-refractivity contribution in [2.45, 2.75) is 32.4 Å². The summed E-state index contributed by atoms with van der Waals surface area (Å²) in [5.74, 6) is 0.240. The van der Waals surface area contributed by atoms with Gasteiger partial charge in [0.05, 0.1) is 18.2 Å². The number of aromatic nitrogens is 2. The van der Waals surface area contributed by atoms with Gasteiger partial charge in [-0.3, -0.25) is 4.79 Å². The molecule has 7 heteroatoms. The molecule has 1 aromatic heterocycles. The summed E-state index contributed by atoms with van der Waals surface area (Å²) < 4.78 is 15.1. The van der Waals surface area contributed by atoms with Crippen LogP contribution in [0.2, 0.25) is 0 Å². The fraction of sp³-hybridized carbons (Fsp3) is 0.241. The molecule has 4 rings (SSSR count). The number of anilines is 1. The van der Waals surface area contributed by atoms with Gasteiger partial charge in [0.15, 0.2) is 0 Å². The molecule has 1 heterocycles. The van der Waals surface area contributed by atoms with E-state index in [4.69, 9.17) is 0 Å². The first-order valence-electron chi connectivity index (χ1n) is 12.1. The van der Waals surface area contributed by atoms with E-state index >= 15 is 0 Å². The zero-order valence-corrected chi connectivity index (χ0v) is 20.3. The molecule has 3 N–H and O–H groups in total. The number of carbonyl (C=O) groups is 1. The summed E-state index contributed by atoms with van der Waals surface area (Å²) in [5, 5.41) is 16.4. The second-order valence-electron chi connectivity index (χ2n) is 8.86. The van der Waals surface area contributed by atoms with Crippen LogP contribution in [0.4, 0.5) is 10.1 Å². The molecule has 0 saturated heterocycles. The van der Waals surface area contributed by atoms with E-state index < -0.39 is 6.10 Å². The molecular formula is C29H31FN4O2. The number of aliphatic hydroxyl groups is 1. The Labute approximate surface area is 210 Å². The van der Waals surface area contributed by atoms with Crippen LogP contribution in [0.1, 0.15) is 34.3 Å². The molecule has 36 heavy (non-hydrogen) atoms. The Kier molecular flexibility index (Phi) is 8.60. The molecule has 0 radical (unpaired) electrons. The lowest BCUT2D eigenvalue weighted by atomic mass is 10.1. The number of carbonyl (C=O) groups excluding carboxylic acids is 1. The van der Waals surface area contributed by atoms with E-state index in [-0.39, 0.29) is 18.1 Å². The van der Waals surface area contributed by atoms with Crippen LogP contribution in [0.5, 0.6) is 0 Å². The van der Waals surface area contributed by atoms with Crippen molar-refractivity contribution in [3.8, 4) is 0 Å². The highest BCUT2D eigenvalue weighted by molar-refractivity contribution is 5.91. The zero-order valence-electron chi connectivity index (χ0n) is 20.3. The van der Waals surface area contributed by atoms with Gasteiger partial charge in [-0.1, -0.05) is 54.6 Å². The summed E-state index contributed by atoms with van der Waals surface area (Å²) in [7, 11) is 0. The van der Waals surface area contributed by atoms with Crippen LogP contribution in [-0.2, 0) is 24.2 Å². The van der Waals surface area contributed by atoms with Gasteiger partial charge < -0.3 is 20.3 Å². The van der Waals surface area contributed by atoms with Crippen molar-refractivity contribution in [2.75, 3.05) is 18.4 Å². The fourth-order valence-electron chi connectivity index (χ4n) is 4.03. The predicted molar refractivity (Wildman–Crippen MR) is 139 cm³/mol. The number of halogens is 1. The number of aliphatic hydroxyl groups excluding tert-OH is 1. The summed E-state index contributed by atoms with van der Waals surface area (Å²) in [5.41, 5.74) is 4.53. The molecule has 0 bridgehead atoms.